The molecule has 0 saturated heterocycles. The number of alkyl halides is 3. The molecule has 0 unspecified atom stereocenters. The van der Waals surface area contributed by atoms with E-state index < -0.39 is 11.7 Å². The summed E-state index contributed by atoms with van der Waals surface area (Å²) in [4.78, 5) is 12.0. The van der Waals surface area contributed by atoms with E-state index in [1.54, 1.807) is 6.92 Å². The van der Waals surface area contributed by atoms with Crippen LogP contribution >= 0.6 is 11.8 Å². The zero-order valence-corrected chi connectivity index (χ0v) is 14.3. The van der Waals surface area contributed by atoms with E-state index in [9.17, 15) is 18.0 Å². The zero-order chi connectivity index (χ0) is 18.3. The van der Waals surface area contributed by atoms with Crippen molar-refractivity contribution >= 4 is 23.9 Å². The van der Waals surface area contributed by atoms with Crippen molar-refractivity contribution in [2.75, 3.05) is 0 Å². The van der Waals surface area contributed by atoms with Crippen LogP contribution in [0.15, 0.2) is 59.7 Å². The average molecular weight is 366 g/mol. The maximum absolute atomic E-state index is 12.9. The number of nitrogens with zero attached hydrogens (tertiary/aromatic N) is 1. The van der Waals surface area contributed by atoms with Crippen LogP contribution in [0.5, 0.6) is 0 Å². The minimum absolute atomic E-state index is 0.0973. The first-order chi connectivity index (χ1) is 11.9. The quantitative estimate of drug-likeness (QED) is 0.605. The number of benzene rings is 2. The summed E-state index contributed by atoms with van der Waals surface area (Å²) in [5, 5.41) is 3.27. The lowest BCUT2D eigenvalue weighted by atomic mass is 10.1. The van der Waals surface area contributed by atoms with Crippen molar-refractivity contribution in [3.63, 3.8) is 0 Å². The number of thioether (sulfide) groups is 1. The number of rotatable bonds is 6. The number of carbonyl (C=O) groups excluding carboxylic acids is 1. The Morgan fingerprint density at radius 1 is 1.16 bits per heavy atom. The van der Waals surface area contributed by atoms with Crippen molar-refractivity contribution < 1.29 is 18.0 Å². The molecule has 132 valence electrons. The standard InChI is InChI=1S/C18H17F3N2OS/c1-13(25-12-14-7-3-2-4-8-14)17(24)23-22-11-15-9-5-6-10-16(15)18(19,20)21/h2-11,13H,12H2,1H3,(H,23,24)/b22-11-/t13-/m0/s1. The highest BCUT2D eigenvalue weighted by Crippen LogP contribution is 2.31. The second-order valence-electron chi connectivity index (χ2n) is 5.26. The number of carbonyl (C=O) groups is 1. The summed E-state index contributed by atoms with van der Waals surface area (Å²) in [6, 6.07) is 14.7. The topological polar surface area (TPSA) is 41.5 Å². The number of halogens is 3. The molecule has 1 atom stereocenters. The molecule has 25 heavy (non-hydrogen) atoms. The molecule has 0 bridgehead atoms. The van der Waals surface area contributed by atoms with Gasteiger partial charge in [-0.2, -0.15) is 18.3 Å². The van der Waals surface area contributed by atoms with Gasteiger partial charge in [0.1, 0.15) is 0 Å². The Morgan fingerprint density at radius 3 is 2.48 bits per heavy atom. The van der Waals surface area contributed by atoms with E-state index >= 15 is 0 Å². The third kappa shape index (κ3) is 5.94. The number of hydrazone groups is 1. The first-order valence-electron chi connectivity index (χ1n) is 7.52. The molecule has 0 fully saturated rings. The molecule has 0 aliphatic heterocycles. The molecule has 2 aromatic rings. The van der Waals surface area contributed by atoms with Gasteiger partial charge in [0.05, 0.1) is 17.0 Å². The maximum atomic E-state index is 12.9. The van der Waals surface area contributed by atoms with Crippen LogP contribution in [0.3, 0.4) is 0 Å². The highest BCUT2D eigenvalue weighted by atomic mass is 32.2. The summed E-state index contributed by atoms with van der Waals surface area (Å²) < 4.78 is 38.6. The van der Waals surface area contributed by atoms with E-state index in [2.05, 4.69) is 10.5 Å². The molecule has 2 rings (SSSR count). The summed E-state index contributed by atoms with van der Waals surface area (Å²) >= 11 is 1.43. The van der Waals surface area contributed by atoms with E-state index in [1.807, 2.05) is 30.3 Å². The summed E-state index contributed by atoms with van der Waals surface area (Å²) in [7, 11) is 0. The molecule has 0 spiro atoms. The van der Waals surface area contributed by atoms with Gasteiger partial charge in [-0.05, 0) is 18.6 Å². The number of amides is 1. The number of hydrogen-bond donors (Lipinski definition) is 1. The second kappa shape index (κ2) is 8.71. The minimum atomic E-state index is -4.47. The lowest BCUT2D eigenvalue weighted by molar-refractivity contribution is -0.137. The summed E-state index contributed by atoms with van der Waals surface area (Å²) in [5.41, 5.74) is 2.49. The smallest absolute Gasteiger partial charge is 0.272 e. The van der Waals surface area contributed by atoms with Crippen LogP contribution in [-0.4, -0.2) is 17.4 Å². The van der Waals surface area contributed by atoms with E-state index in [1.165, 1.54) is 30.0 Å². The Kier molecular flexibility index (Phi) is 6.64. The van der Waals surface area contributed by atoms with Crippen LogP contribution in [0.25, 0.3) is 0 Å². The third-order valence-electron chi connectivity index (χ3n) is 3.36. The fourth-order valence-corrected chi connectivity index (χ4v) is 2.83. The maximum Gasteiger partial charge on any atom is 0.417 e. The summed E-state index contributed by atoms with van der Waals surface area (Å²) in [6.45, 7) is 1.72. The van der Waals surface area contributed by atoms with Gasteiger partial charge >= 0.3 is 6.18 Å². The molecular weight excluding hydrogens is 349 g/mol. The van der Waals surface area contributed by atoms with Gasteiger partial charge in [0.25, 0.3) is 5.91 Å². The van der Waals surface area contributed by atoms with Crippen LogP contribution < -0.4 is 5.43 Å². The highest BCUT2D eigenvalue weighted by Gasteiger charge is 2.32. The van der Waals surface area contributed by atoms with Crippen molar-refractivity contribution in [1.29, 1.82) is 0 Å². The van der Waals surface area contributed by atoms with Crippen LogP contribution in [0.4, 0.5) is 13.2 Å². The first kappa shape index (κ1) is 19.1. The molecule has 0 aliphatic rings. The fraction of sp³-hybridized carbons (Fsp3) is 0.222. The normalized spacial score (nSPS) is 13.0. The Balaban J connectivity index is 1.90. The Hall–Kier alpha value is -2.28. The van der Waals surface area contributed by atoms with Gasteiger partial charge in [0.15, 0.2) is 0 Å². The van der Waals surface area contributed by atoms with Gasteiger partial charge in [-0.1, -0.05) is 48.5 Å². The largest absolute Gasteiger partial charge is 0.417 e. The predicted octanol–water partition coefficient (Wildman–Crippen LogP) is 4.48. The van der Waals surface area contributed by atoms with Crippen molar-refractivity contribution in [2.24, 2.45) is 5.10 Å². The summed E-state index contributed by atoms with van der Waals surface area (Å²) in [6.07, 6.45) is -3.46. The first-order valence-corrected chi connectivity index (χ1v) is 8.57. The van der Waals surface area contributed by atoms with Gasteiger partial charge in [-0.15, -0.1) is 11.8 Å². The molecule has 1 amide bonds. The van der Waals surface area contributed by atoms with Crippen LogP contribution in [0, 0.1) is 0 Å². The van der Waals surface area contributed by atoms with Crippen LogP contribution in [0.2, 0.25) is 0 Å². The fourth-order valence-electron chi connectivity index (χ4n) is 2.00. The lowest BCUT2D eigenvalue weighted by Crippen LogP contribution is -2.27. The average Bonchev–Trinajstić information content (AvgIpc) is 2.60. The molecule has 0 heterocycles. The minimum Gasteiger partial charge on any atom is -0.272 e. The molecule has 3 nitrogen and oxygen atoms in total. The summed E-state index contributed by atoms with van der Waals surface area (Å²) in [5.74, 6) is 0.303. The molecule has 1 N–H and O–H groups in total. The SMILES string of the molecule is C[C@H](SCc1ccccc1)C(=O)N/N=C\c1ccccc1C(F)(F)F. The molecule has 0 saturated carbocycles. The van der Waals surface area contributed by atoms with Gasteiger partial charge in [-0.3, -0.25) is 4.79 Å². The molecule has 0 radical (unpaired) electrons. The molecular formula is C18H17F3N2OS. The molecule has 0 aromatic heterocycles. The number of nitrogens with one attached hydrogen (secondary N) is 1. The highest BCUT2D eigenvalue weighted by molar-refractivity contribution is 7.99. The van der Waals surface area contributed by atoms with Gasteiger partial charge < -0.3 is 0 Å². The third-order valence-corrected chi connectivity index (χ3v) is 4.57. The van der Waals surface area contributed by atoms with E-state index in [0.29, 0.717) is 5.75 Å². The number of hydrogen-bond acceptors (Lipinski definition) is 3. The monoisotopic (exact) mass is 366 g/mol. The second-order valence-corrected chi connectivity index (χ2v) is 6.59. The van der Waals surface area contributed by atoms with E-state index in [0.717, 1.165) is 17.8 Å². The Labute approximate surface area is 148 Å². The van der Waals surface area contributed by atoms with E-state index in [4.69, 9.17) is 0 Å². The van der Waals surface area contributed by atoms with Crippen molar-refractivity contribution in [1.82, 2.24) is 5.43 Å². The van der Waals surface area contributed by atoms with Crippen molar-refractivity contribution in [2.45, 2.75) is 24.1 Å². The molecule has 7 heteroatoms. The van der Waals surface area contributed by atoms with Crippen molar-refractivity contribution in [3.05, 3.63) is 71.3 Å². The van der Waals surface area contributed by atoms with Crippen LogP contribution in [0.1, 0.15) is 23.6 Å². The van der Waals surface area contributed by atoms with Gasteiger partial charge in [-0.25, -0.2) is 5.43 Å². The lowest BCUT2D eigenvalue weighted by Gasteiger charge is -2.10. The van der Waals surface area contributed by atoms with Crippen LogP contribution in [-0.2, 0) is 16.7 Å². The van der Waals surface area contributed by atoms with Gasteiger partial charge in [0.2, 0.25) is 0 Å². The molecule has 2 aromatic carbocycles. The van der Waals surface area contributed by atoms with E-state index in [-0.39, 0.29) is 16.7 Å². The molecule has 0 aliphatic carbocycles. The predicted molar refractivity (Wildman–Crippen MR) is 94.4 cm³/mol. The Morgan fingerprint density at radius 2 is 1.80 bits per heavy atom. The Bertz CT molecular complexity index is 733. The van der Waals surface area contributed by atoms with Crippen molar-refractivity contribution in [3.8, 4) is 0 Å². The zero-order valence-electron chi connectivity index (χ0n) is 13.5. The van der Waals surface area contributed by atoms with Gasteiger partial charge in [0, 0.05) is 11.3 Å².